The summed E-state index contributed by atoms with van der Waals surface area (Å²) in [5.74, 6) is 0. The Hall–Kier alpha value is -0.720. The SMILES string of the molecule is CCCN1C=CCC=C1. The zero-order valence-electron chi connectivity index (χ0n) is 5.88. The summed E-state index contributed by atoms with van der Waals surface area (Å²) in [6.07, 6.45) is 11.0. The van der Waals surface area contributed by atoms with Gasteiger partial charge in [-0.3, -0.25) is 0 Å². The zero-order valence-corrected chi connectivity index (χ0v) is 5.88. The maximum atomic E-state index is 2.21. The van der Waals surface area contributed by atoms with Crippen molar-refractivity contribution >= 4 is 0 Å². The molecule has 0 atom stereocenters. The van der Waals surface area contributed by atoms with Gasteiger partial charge in [0.25, 0.3) is 0 Å². The third-order valence-corrected chi connectivity index (χ3v) is 1.35. The van der Waals surface area contributed by atoms with E-state index in [1.54, 1.807) is 0 Å². The fraction of sp³-hybridized carbons (Fsp3) is 0.500. The van der Waals surface area contributed by atoms with Gasteiger partial charge in [0.15, 0.2) is 0 Å². The summed E-state index contributed by atoms with van der Waals surface area (Å²) >= 11 is 0. The van der Waals surface area contributed by atoms with Crippen molar-refractivity contribution in [3.8, 4) is 0 Å². The molecule has 0 aromatic heterocycles. The molecular weight excluding hydrogens is 110 g/mol. The zero-order chi connectivity index (χ0) is 6.53. The van der Waals surface area contributed by atoms with Crippen molar-refractivity contribution in [3.63, 3.8) is 0 Å². The molecule has 0 unspecified atom stereocenters. The summed E-state index contributed by atoms with van der Waals surface area (Å²) in [5, 5.41) is 0. The lowest BCUT2D eigenvalue weighted by Crippen LogP contribution is -2.11. The van der Waals surface area contributed by atoms with Crippen molar-refractivity contribution in [1.82, 2.24) is 4.90 Å². The Balaban J connectivity index is 2.31. The van der Waals surface area contributed by atoms with Crippen molar-refractivity contribution in [2.24, 2.45) is 0 Å². The molecular formula is C8H13N. The summed E-state index contributed by atoms with van der Waals surface area (Å²) in [7, 11) is 0. The minimum atomic E-state index is 1.10. The van der Waals surface area contributed by atoms with Crippen LogP contribution in [0.1, 0.15) is 19.8 Å². The minimum Gasteiger partial charge on any atom is -0.355 e. The monoisotopic (exact) mass is 123 g/mol. The van der Waals surface area contributed by atoms with Crippen LogP contribution in [0.3, 0.4) is 0 Å². The molecule has 1 aliphatic rings. The average molecular weight is 123 g/mol. The van der Waals surface area contributed by atoms with Crippen LogP contribution in [0.2, 0.25) is 0 Å². The Kier molecular flexibility index (Phi) is 2.37. The van der Waals surface area contributed by atoms with Gasteiger partial charge in [-0.15, -0.1) is 0 Å². The van der Waals surface area contributed by atoms with Crippen LogP contribution in [-0.4, -0.2) is 11.4 Å². The van der Waals surface area contributed by atoms with Gasteiger partial charge in [0.1, 0.15) is 0 Å². The molecule has 0 radical (unpaired) electrons. The Morgan fingerprint density at radius 2 is 2.00 bits per heavy atom. The van der Waals surface area contributed by atoms with Gasteiger partial charge in [-0.1, -0.05) is 19.1 Å². The van der Waals surface area contributed by atoms with Crippen molar-refractivity contribution in [1.29, 1.82) is 0 Å². The van der Waals surface area contributed by atoms with Gasteiger partial charge in [-0.2, -0.15) is 0 Å². The largest absolute Gasteiger partial charge is 0.355 e. The predicted octanol–water partition coefficient (Wildman–Crippen LogP) is 2.13. The molecule has 1 heteroatoms. The number of nitrogens with zero attached hydrogens (tertiary/aromatic N) is 1. The minimum absolute atomic E-state index is 1.10. The van der Waals surface area contributed by atoms with E-state index in [1.807, 2.05) is 0 Å². The third kappa shape index (κ3) is 1.92. The first-order valence-electron chi connectivity index (χ1n) is 3.52. The molecule has 0 bridgehead atoms. The highest BCUT2D eigenvalue weighted by Gasteiger charge is 1.92. The lowest BCUT2D eigenvalue weighted by molar-refractivity contribution is 0.494. The molecule has 1 rings (SSSR count). The van der Waals surface area contributed by atoms with Gasteiger partial charge in [0.05, 0.1) is 0 Å². The van der Waals surface area contributed by atoms with E-state index < -0.39 is 0 Å². The molecule has 9 heavy (non-hydrogen) atoms. The van der Waals surface area contributed by atoms with E-state index in [0.717, 1.165) is 13.0 Å². The Labute approximate surface area is 56.7 Å². The van der Waals surface area contributed by atoms with Crippen LogP contribution in [0.5, 0.6) is 0 Å². The molecule has 1 heterocycles. The highest BCUT2D eigenvalue weighted by atomic mass is 15.1. The van der Waals surface area contributed by atoms with Gasteiger partial charge in [0, 0.05) is 6.54 Å². The van der Waals surface area contributed by atoms with Crippen LogP contribution >= 0.6 is 0 Å². The molecule has 0 aromatic carbocycles. The number of allylic oxidation sites excluding steroid dienone is 2. The molecule has 50 valence electrons. The van der Waals surface area contributed by atoms with Gasteiger partial charge in [0.2, 0.25) is 0 Å². The molecule has 0 spiro atoms. The third-order valence-electron chi connectivity index (χ3n) is 1.35. The number of rotatable bonds is 2. The van der Waals surface area contributed by atoms with Gasteiger partial charge < -0.3 is 4.90 Å². The Bertz CT molecular complexity index is 113. The van der Waals surface area contributed by atoms with E-state index in [1.165, 1.54) is 6.42 Å². The highest BCUT2D eigenvalue weighted by Crippen LogP contribution is 2.02. The quantitative estimate of drug-likeness (QED) is 0.543. The smallest absolute Gasteiger partial charge is 0.0216 e. The molecule has 1 aliphatic heterocycles. The lowest BCUT2D eigenvalue weighted by Gasteiger charge is -2.15. The second-order valence-electron chi connectivity index (χ2n) is 2.24. The van der Waals surface area contributed by atoms with E-state index >= 15 is 0 Å². The topological polar surface area (TPSA) is 3.24 Å². The van der Waals surface area contributed by atoms with Crippen molar-refractivity contribution in [2.45, 2.75) is 19.8 Å². The first-order valence-corrected chi connectivity index (χ1v) is 3.52. The number of hydrogen-bond acceptors (Lipinski definition) is 1. The van der Waals surface area contributed by atoms with Gasteiger partial charge in [-0.05, 0) is 25.2 Å². The first kappa shape index (κ1) is 6.40. The van der Waals surface area contributed by atoms with Gasteiger partial charge in [-0.25, -0.2) is 0 Å². The molecule has 0 aromatic rings. The maximum Gasteiger partial charge on any atom is 0.0216 e. The standard InChI is InChI=1S/C8H13N/c1-2-6-9-7-4-3-5-8-9/h4-5,7-8H,2-3,6H2,1H3. The second-order valence-corrected chi connectivity index (χ2v) is 2.24. The average Bonchev–Trinajstić information content (AvgIpc) is 1.91. The van der Waals surface area contributed by atoms with Crippen molar-refractivity contribution in [3.05, 3.63) is 24.6 Å². The molecule has 0 saturated carbocycles. The van der Waals surface area contributed by atoms with Gasteiger partial charge >= 0.3 is 0 Å². The molecule has 0 saturated heterocycles. The number of hydrogen-bond donors (Lipinski definition) is 0. The fourth-order valence-electron chi connectivity index (χ4n) is 0.928. The summed E-state index contributed by atoms with van der Waals surface area (Å²) in [5.41, 5.74) is 0. The lowest BCUT2D eigenvalue weighted by atomic mass is 10.3. The molecule has 0 amide bonds. The van der Waals surface area contributed by atoms with E-state index in [0.29, 0.717) is 0 Å². The highest BCUT2D eigenvalue weighted by molar-refractivity contribution is 5.01. The first-order chi connectivity index (χ1) is 4.43. The van der Waals surface area contributed by atoms with E-state index in [2.05, 4.69) is 36.4 Å². The van der Waals surface area contributed by atoms with E-state index in [-0.39, 0.29) is 0 Å². The summed E-state index contributed by atoms with van der Waals surface area (Å²) in [6.45, 7) is 3.34. The summed E-state index contributed by atoms with van der Waals surface area (Å²) in [6, 6.07) is 0. The van der Waals surface area contributed by atoms with Crippen LogP contribution in [0, 0.1) is 0 Å². The van der Waals surface area contributed by atoms with Crippen LogP contribution in [0.15, 0.2) is 24.6 Å². The summed E-state index contributed by atoms with van der Waals surface area (Å²) < 4.78 is 0. The second kappa shape index (κ2) is 3.33. The van der Waals surface area contributed by atoms with Crippen LogP contribution in [0.25, 0.3) is 0 Å². The molecule has 1 nitrogen and oxygen atoms in total. The molecule has 0 fully saturated rings. The van der Waals surface area contributed by atoms with Crippen LogP contribution in [-0.2, 0) is 0 Å². The van der Waals surface area contributed by atoms with E-state index in [9.17, 15) is 0 Å². The summed E-state index contributed by atoms with van der Waals surface area (Å²) in [4.78, 5) is 2.21. The van der Waals surface area contributed by atoms with E-state index in [4.69, 9.17) is 0 Å². The normalized spacial score (nSPS) is 16.8. The van der Waals surface area contributed by atoms with Crippen LogP contribution < -0.4 is 0 Å². The molecule has 0 aliphatic carbocycles. The predicted molar refractivity (Wildman–Crippen MR) is 39.9 cm³/mol. The van der Waals surface area contributed by atoms with Crippen LogP contribution in [0.4, 0.5) is 0 Å². The Morgan fingerprint density at radius 1 is 1.33 bits per heavy atom. The molecule has 0 N–H and O–H groups in total. The Morgan fingerprint density at radius 3 is 2.56 bits per heavy atom. The fourth-order valence-corrected chi connectivity index (χ4v) is 0.928. The maximum absolute atomic E-state index is 2.21. The van der Waals surface area contributed by atoms with Crippen molar-refractivity contribution in [2.75, 3.05) is 6.54 Å². The van der Waals surface area contributed by atoms with Crippen molar-refractivity contribution < 1.29 is 0 Å².